The number of aryl methyl sites for hydroxylation is 1. The molecule has 0 aromatic heterocycles. The second-order valence-electron chi connectivity index (χ2n) is 5.35. The number of aromatic hydroxyl groups is 1. The van der Waals surface area contributed by atoms with Gasteiger partial charge in [0.25, 0.3) is 5.91 Å². The van der Waals surface area contributed by atoms with Gasteiger partial charge in [-0.2, -0.15) is 0 Å². The Balaban J connectivity index is 2.65. The molecule has 0 heterocycles. The normalized spacial score (nSPS) is 12.1. The van der Waals surface area contributed by atoms with E-state index in [9.17, 15) is 14.7 Å². The second-order valence-corrected chi connectivity index (χ2v) is 5.35. The number of rotatable bonds is 5. The van der Waals surface area contributed by atoms with Crippen LogP contribution in [-0.2, 0) is 4.79 Å². The quantitative estimate of drug-likeness (QED) is 0.765. The number of carbonyl (C=O) groups excluding carboxylic acids is 2. The average Bonchev–Trinajstić information content (AvgIpc) is 2.38. The molecule has 3 N–H and O–H groups in total. The van der Waals surface area contributed by atoms with Gasteiger partial charge in [0, 0.05) is 6.54 Å². The average molecular weight is 278 g/mol. The van der Waals surface area contributed by atoms with Crippen molar-refractivity contribution in [1.82, 2.24) is 10.6 Å². The van der Waals surface area contributed by atoms with E-state index in [0.717, 1.165) is 5.56 Å². The van der Waals surface area contributed by atoms with Crippen LogP contribution >= 0.6 is 0 Å². The molecule has 110 valence electrons. The van der Waals surface area contributed by atoms with Gasteiger partial charge >= 0.3 is 0 Å². The number of phenolic OH excluding ortho intramolecular Hbond substituents is 1. The molecule has 0 saturated heterocycles. The minimum atomic E-state index is -0.652. The summed E-state index contributed by atoms with van der Waals surface area (Å²) in [6.45, 7) is 7.99. The van der Waals surface area contributed by atoms with E-state index >= 15 is 0 Å². The zero-order chi connectivity index (χ0) is 15.3. The van der Waals surface area contributed by atoms with Crippen LogP contribution in [0.2, 0.25) is 0 Å². The van der Waals surface area contributed by atoms with Gasteiger partial charge < -0.3 is 15.7 Å². The Morgan fingerprint density at radius 1 is 1.25 bits per heavy atom. The molecule has 20 heavy (non-hydrogen) atoms. The molecular formula is C15H22N2O3. The monoisotopic (exact) mass is 278 g/mol. The van der Waals surface area contributed by atoms with Crippen molar-refractivity contribution in [3.05, 3.63) is 29.3 Å². The highest BCUT2D eigenvalue weighted by atomic mass is 16.3. The van der Waals surface area contributed by atoms with Gasteiger partial charge in [-0.15, -0.1) is 0 Å². The van der Waals surface area contributed by atoms with Crippen LogP contribution < -0.4 is 10.6 Å². The van der Waals surface area contributed by atoms with Crippen LogP contribution in [0.4, 0.5) is 0 Å². The SMILES string of the molecule is Cc1ccc(O)c(C(=O)NC(C)C(=O)NCC(C)C)c1. The van der Waals surface area contributed by atoms with Crippen LogP contribution in [0, 0.1) is 12.8 Å². The first kappa shape index (κ1) is 16.0. The Hall–Kier alpha value is -2.04. The Bertz CT molecular complexity index is 498. The lowest BCUT2D eigenvalue weighted by molar-refractivity contribution is -0.122. The molecule has 0 radical (unpaired) electrons. The fraction of sp³-hybridized carbons (Fsp3) is 0.467. The maximum absolute atomic E-state index is 12.0. The molecule has 5 nitrogen and oxygen atoms in total. The van der Waals surface area contributed by atoms with E-state index in [1.807, 2.05) is 20.8 Å². The smallest absolute Gasteiger partial charge is 0.255 e. The molecule has 0 aliphatic heterocycles. The molecule has 1 atom stereocenters. The number of phenols is 1. The predicted molar refractivity (Wildman–Crippen MR) is 77.6 cm³/mol. The Morgan fingerprint density at radius 3 is 2.50 bits per heavy atom. The molecule has 2 amide bonds. The standard InChI is InChI=1S/C15H22N2O3/c1-9(2)8-16-14(19)11(4)17-15(20)12-7-10(3)5-6-13(12)18/h5-7,9,11,18H,8H2,1-4H3,(H,16,19)(H,17,20). The summed E-state index contributed by atoms with van der Waals surface area (Å²) >= 11 is 0. The number of benzene rings is 1. The summed E-state index contributed by atoms with van der Waals surface area (Å²) in [5.41, 5.74) is 1.04. The lowest BCUT2D eigenvalue weighted by Gasteiger charge is -2.15. The van der Waals surface area contributed by atoms with E-state index in [1.165, 1.54) is 6.07 Å². The van der Waals surface area contributed by atoms with Gasteiger partial charge in [-0.3, -0.25) is 9.59 Å². The molecule has 0 aliphatic carbocycles. The Kier molecular flexibility index (Phi) is 5.55. The minimum Gasteiger partial charge on any atom is -0.507 e. The first-order valence-electron chi connectivity index (χ1n) is 6.69. The fourth-order valence-corrected chi connectivity index (χ4v) is 1.63. The van der Waals surface area contributed by atoms with Gasteiger partial charge in [-0.25, -0.2) is 0 Å². The minimum absolute atomic E-state index is 0.0945. The first-order valence-corrected chi connectivity index (χ1v) is 6.69. The molecule has 0 fully saturated rings. The van der Waals surface area contributed by atoms with Gasteiger partial charge in [0.2, 0.25) is 5.91 Å². The summed E-state index contributed by atoms with van der Waals surface area (Å²) in [6, 6.07) is 4.11. The topological polar surface area (TPSA) is 78.4 Å². The van der Waals surface area contributed by atoms with Crippen LogP contribution in [0.1, 0.15) is 36.7 Å². The molecule has 1 rings (SSSR count). The highest BCUT2D eigenvalue weighted by Gasteiger charge is 2.18. The van der Waals surface area contributed by atoms with E-state index in [2.05, 4.69) is 10.6 Å². The lowest BCUT2D eigenvalue weighted by atomic mass is 10.1. The van der Waals surface area contributed by atoms with Gasteiger partial charge in [-0.1, -0.05) is 25.5 Å². The third kappa shape index (κ3) is 4.57. The maximum Gasteiger partial charge on any atom is 0.255 e. The lowest BCUT2D eigenvalue weighted by Crippen LogP contribution is -2.45. The molecule has 1 unspecified atom stereocenters. The highest BCUT2D eigenvalue weighted by Crippen LogP contribution is 2.17. The number of nitrogens with one attached hydrogen (secondary N) is 2. The largest absolute Gasteiger partial charge is 0.507 e. The van der Waals surface area contributed by atoms with Crippen molar-refractivity contribution in [2.45, 2.75) is 33.7 Å². The molecule has 0 aliphatic rings. The zero-order valence-corrected chi connectivity index (χ0v) is 12.4. The van der Waals surface area contributed by atoms with Gasteiger partial charge in [0.15, 0.2) is 0 Å². The van der Waals surface area contributed by atoms with Crippen molar-refractivity contribution < 1.29 is 14.7 Å². The second kappa shape index (κ2) is 6.93. The van der Waals surface area contributed by atoms with E-state index in [0.29, 0.717) is 12.5 Å². The van der Waals surface area contributed by atoms with E-state index < -0.39 is 11.9 Å². The van der Waals surface area contributed by atoms with Gasteiger partial charge in [0.1, 0.15) is 11.8 Å². The van der Waals surface area contributed by atoms with Crippen LogP contribution in [0.15, 0.2) is 18.2 Å². The zero-order valence-electron chi connectivity index (χ0n) is 12.4. The maximum atomic E-state index is 12.0. The van der Waals surface area contributed by atoms with Crippen molar-refractivity contribution in [3.8, 4) is 5.75 Å². The Labute approximate surface area is 119 Å². The van der Waals surface area contributed by atoms with Gasteiger partial charge in [-0.05, 0) is 31.9 Å². The summed E-state index contributed by atoms with van der Waals surface area (Å²) in [4.78, 5) is 23.8. The molecule has 5 heteroatoms. The van der Waals surface area contributed by atoms with Crippen LogP contribution in [0.3, 0.4) is 0 Å². The number of carbonyl (C=O) groups is 2. The molecule has 0 bridgehead atoms. The van der Waals surface area contributed by atoms with Crippen molar-refractivity contribution in [1.29, 1.82) is 0 Å². The van der Waals surface area contributed by atoms with E-state index in [1.54, 1.807) is 19.1 Å². The molecular weight excluding hydrogens is 256 g/mol. The van der Waals surface area contributed by atoms with Crippen molar-refractivity contribution in [3.63, 3.8) is 0 Å². The number of hydrogen-bond acceptors (Lipinski definition) is 3. The van der Waals surface area contributed by atoms with Crippen LogP contribution in [0.25, 0.3) is 0 Å². The summed E-state index contributed by atoms with van der Waals surface area (Å²) in [5.74, 6) is -0.442. The van der Waals surface area contributed by atoms with Crippen molar-refractivity contribution >= 4 is 11.8 Å². The highest BCUT2D eigenvalue weighted by molar-refractivity contribution is 5.99. The Morgan fingerprint density at radius 2 is 1.90 bits per heavy atom. The van der Waals surface area contributed by atoms with Crippen molar-refractivity contribution in [2.24, 2.45) is 5.92 Å². The van der Waals surface area contributed by atoms with Crippen LogP contribution in [-0.4, -0.2) is 29.5 Å². The molecule has 1 aromatic carbocycles. The summed E-state index contributed by atoms with van der Waals surface area (Å²) < 4.78 is 0. The summed E-state index contributed by atoms with van der Waals surface area (Å²) in [6.07, 6.45) is 0. The van der Waals surface area contributed by atoms with E-state index in [-0.39, 0.29) is 17.2 Å². The third-order valence-corrected chi connectivity index (χ3v) is 2.82. The molecule has 0 spiro atoms. The summed E-state index contributed by atoms with van der Waals surface area (Å²) in [5, 5.41) is 15.0. The number of hydrogen-bond donors (Lipinski definition) is 3. The predicted octanol–water partition coefficient (Wildman–Crippen LogP) is 1.59. The first-order chi connectivity index (χ1) is 9.31. The summed E-state index contributed by atoms with van der Waals surface area (Å²) in [7, 11) is 0. The number of amides is 2. The van der Waals surface area contributed by atoms with Crippen molar-refractivity contribution in [2.75, 3.05) is 6.54 Å². The van der Waals surface area contributed by atoms with E-state index in [4.69, 9.17) is 0 Å². The fourth-order valence-electron chi connectivity index (χ4n) is 1.63. The third-order valence-electron chi connectivity index (χ3n) is 2.82. The molecule has 1 aromatic rings. The van der Waals surface area contributed by atoms with Gasteiger partial charge in [0.05, 0.1) is 5.56 Å². The van der Waals surface area contributed by atoms with Crippen LogP contribution in [0.5, 0.6) is 5.75 Å². The molecule has 0 saturated carbocycles.